The molecule has 0 aliphatic carbocycles. The van der Waals surface area contributed by atoms with E-state index in [4.69, 9.17) is 28.6 Å². The number of nitrogens with one attached hydrogen (secondary N) is 1. The molecule has 2 fully saturated rings. The lowest BCUT2D eigenvalue weighted by Crippen LogP contribution is -2.53. The lowest BCUT2D eigenvalue weighted by molar-refractivity contribution is 0.113. The van der Waals surface area contributed by atoms with Crippen LogP contribution in [0.2, 0.25) is 5.02 Å². The van der Waals surface area contributed by atoms with Crippen molar-refractivity contribution in [3.63, 3.8) is 0 Å². The van der Waals surface area contributed by atoms with Crippen LogP contribution in [0.1, 0.15) is 12.8 Å². The molecule has 25 heavy (non-hydrogen) atoms. The van der Waals surface area contributed by atoms with Crippen LogP contribution >= 0.6 is 23.8 Å². The predicted molar refractivity (Wildman–Crippen MR) is 101 cm³/mol. The molecule has 1 aromatic carbocycles. The summed E-state index contributed by atoms with van der Waals surface area (Å²) in [4.78, 5) is 2.16. The molecule has 0 saturated carbocycles. The first-order chi connectivity index (χ1) is 12.0. The molecule has 2 heterocycles. The van der Waals surface area contributed by atoms with Crippen LogP contribution in [0.25, 0.3) is 0 Å². The zero-order valence-electron chi connectivity index (χ0n) is 13.9. The van der Waals surface area contributed by atoms with Gasteiger partial charge in [-0.3, -0.25) is 0 Å². The molecule has 2 aliphatic rings. The average Bonchev–Trinajstić information content (AvgIpc) is 3.13. The van der Waals surface area contributed by atoms with E-state index < -0.39 is 10.0 Å². The Labute approximate surface area is 159 Å². The third-order valence-electron chi connectivity index (χ3n) is 4.49. The topological polar surface area (TPSA) is 61.9 Å². The third kappa shape index (κ3) is 4.43. The van der Waals surface area contributed by atoms with Gasteiger partial charge in [-0.15, -0.1) is 0 Å². The van der Waals surface area contributed by atoms with Gasteiger partial charge in [0.2, 0.25) is 10.0 Å². The number of halogens is 1. The summed E-state index contributed by atoms with van der Waals surface area (Å²) in [6.45, 7) is 3.40. The molecule has 1 aromatic rings. The van der Waals surface area contributed by atoms with Crippen molar-refractivity contribution < 1.29 is 13.2 Å². The van der Waals surface area contributed by atoms with Crippen molar-refractivity contribution in [1.82, 2.24) is 14.5 Å². The zero-order valence-corrected chi connectivity index (χ0v) is 16.2. The number of piperazine rings is 1. The molecule has 0 radical (unpaired) electrons. The smallest absolute Gasteiger partial charge is 0.244 e. The summed E-state index contributed by atoms with van der Waals surface area (Å²) in [5.41, 5.74) is 0. The monoisotopic (exact) mass is 403 g/mol. The molecule has 3 rings (SSSR count). The minimum absolute atomic E-state index is 0.157. The SMILES string of the molecule is O=S(=O)(c1ccccc1Cl)N1CCN(C(=S)NC[C@H]2CCCO2)CC1. The molecule has 6 nitrogen and oxygen atoms in total. The van der Waals surface area contributed by atoms with Gasteiger partial charge in [0.05, 0.1) is 11.1 Å². The molecule has 1 N–H and O–H groups in total. The Morgan fingerprint density at radius 1 is 1.28 bits per heavy atom. The molecule has 2 aliphatic heterocycles. The van der Waals surface area contributed by atoms with Crippen molar-refractivity contribution in [1.29, 1.82) is 0 Å². The summed E-state index contributed by atoms with van der Waals surface area (Å²) >= 11 is 11.5. The molecule has 1 atom stereocenters. The maximum absolute atomic E-state index is 12.7. The second-order valence-corrected chi connectivity index (χ2v) is 8.84. The molecular weight excluding hydrogens is 382 g/mol. The summed E-state index contributed by atoms with van der Waals surface area (Å²) in [6, 6.07) is 6.53. The quantitative estimate of drug-likeness (QED) is 0.772. The average molecular weight is 404 g/mol. The van der Waals surface area contributed by atoms with Crippen LogP contribution in [-0.2, 0) is 14.8 Å². The highest BCUT2D eigenvalue weighted by Crippen LogP contribution is 2.25. The van der Waals surface area contributed by atoms with E-state index in [0.717, 1.165) is 19.4 Å². The Morgan fingerprint density at radius 2 is 2.00 bits per heavy atom. The van der Waals surface area contributed by atoms with Crippen molar-refractivity contribution in [2.24, 2.45) is 0 Å². The minimum Gasteiger partial charge on any atom is -0.376 e. The van der Waals surface area contributed by atoms with Crippen molar-refractivity contribution in [2.45, 2.75) is 23.8 Å². The molecule has 138 valence electrons. The van der Waals surface area contributed by atoms with Gasteiger partial charge in [-0.1, -0.05) is 23.7 Å². The lowest BCUT2D eigenvalue weighted by atomic mass is 10.2. The van der Waals surface area contributed by atoms with E-state index in [1.807, 2.05) is 4.90 Å². The second kappa shape index (κ2) is 8.18. The number of hydrogen-bond acceptors (Lipinski definition) is 4. The standard InChI is InChI=1S/C16H22ClN3O3S2/c17-14-5-1-2-6-15(14)25(21,22)20-9-7-19(8-10-20)16(24)18-12-13-4-3-11-23-13/h1-2,5-6,13H,3-4,7-12H2,(H,18,24)/t13-/m1/s1. The van der Waals surface area contributed by atoms with E-state index in [9.17, 15) is 8.42 Å². The van der Waals surface area contributed by atoms with E-state index in [1.165, 1.54) is 10.4 Å². The van der Waals surface area contributed by atoms with E-state index in [-0.39, 0.29) is 16.0 Å². The molecule has 2 saturated heterocycles. The Bertz CT molecular complexity index is 715. The van der Waals surface area contributed by atoms with Gasteiger partial charge in [0.15, 0.2) is 5.11 Å². The van der Waals surface area contributed by atoms with Crippen LogP contribution in [0, 0.1) is 0 Å². The van der Waals surface area contributed by atoms with Crippen LogP contribution in [-0.4, -0.2) is 68.2 Å². The third-order valence-corrected chi connectivity index (χ3v) is 7.29. The zero-order chi connectivity index (χ0) is 17.9. The second-order valence-electron chi connectivity index (χ2n) is 6.14. The van der Waals surface area contributed by atoms with Crippen LogP contribution in [0.15, 0.2) is 29.2 Å². The summed E-state index contributed by atoms with van der Waals surface area (Å²) < 4.78 is 32.5. The van der Waals surface area contributed by atoms with Gasteiger partial charge in [0.25, 0.3) is 0 Å². The predicted octanol–water partition coefficient (Wildman–Crippen LogP) is 1.70. The number of thiocarbonyl (C=S) groups is 1. The minimum atomic E-state index is -3.58. The van der Waals surface area contributed by atoms with Crippen molar-refractivity contribution in [3.8, 4) is 0 Å². The Kier molecular flexibility index (Phi) is 6.17. The highest BCUT2D eigenvalue weighted by atomic mass is 35.5. The van der Waals surface area contributed by atoms with E-state index in [0.29, 0.717) is 37.8 Å². The largest absolute Gasteiger partial charge is 0.376 e. The fourth-order valence-corrected chi connectivity index (χ4v) is 5.22. The molecule has 9 heteroatoms. The van der Waals surface area contributed by atoms with Gasteiger partial charge in [-0.2, -0.15) is 4.31 Å². The van der Waals surface area contributed by atoms with Gasteiger partial charge >= 0.3 is 0 Å². The van der Waals surface area contributed by atoms with Crippen LogP contribution in [0.5, 0.6) is 0 Å². The first-order valence-corrected chi connectivity index (χ1v) is 10.6. The summed E-state index contributed by atoms with van der Waals surface area (Å²) in [5, 5.41) is 4.14. The highest BCUT2D eigenvalue weighted by molar-refractivity contribution is 7.89. The summed E-state index contributed by atoms with van der Waals surface area (Å²) in [5.74, 6) is 0. The van der Waals surface area contributed by atoms with Gasteiger partial charge in [-0.05, 0) is 37.2 Å². The van der Waals surface area contributed by atoms with Gasteiger partial charge in [-0.25, -0.2) is 8.42 Å². The number of nitrogens with zero attached hydrogens (tertiary/aromatic N) is 2. The fraction of sp³-hybridized carbons (Fsp3) is 0.562. The Hall–Kier alpha value is -0.930. The van der Waals surface area contributed by atoms with Crippen LogP contribution < -0.4 is 5.32 Å². The number of ether oxygens (including phenoxy) is 1. The first kappa shape index (κ1) is 18.8. The van der Waals surface area contributed by atoms with Crippen molar-refractivity contribution >= 4 is 39.0 Å². The van der Waals surface area contributed by atoms with Crippen molar-refractivity contribution in [2.75, 3.05) is 39.3 Å². The van der Waals surface area contributed by atoms with Crippen LogP contribution in [0.4, 0.5) is 0 Å². The maximum atomic E-state index is 12.7. The first-order valence-electron chi connectivity index (χ1n) is 8.37. The summed E-state index contributed by atoms with van der Waals surface area (Å²) in [6.07, 6.45) is 2.37. The molecule has 0 spiro atoms. The number of rotatable bonds is 4. The van der Waals surface area contributed by atoms with E-state index in [2.05, 4.69) is 5.32 Å². The highest BCUT2D eigenvalue weighted by Gasteiger charge is 2.30. The fourth-order valence-electron chi connectivity index (χ4n) is 3.04. The van der Waals surface area contributed by atoms with Gasteiger partial charge < -0.3 is 15.0 Å². The van der Waals surface area contributed by atoms with Crippen molar-refractivity contribution in [3.05, 3.63) is 29.3 Å². The van der Waals surface area contributed by atoms with E-state index in [1.54, 1.807) is 18.2 Å². The van der Waals surface area contributed by atoms with Crippen LogP contribution in [0.3, 0.4) is 0 Å². The number of hydrogen-bond donors (Lipinski definition) is 1. The summed E-state index contributed by atoms with van der Waals surface area (Å²) in [7, 11) is -3.58. The Morgan fingerprint density at radius 3 is 2.64 bits per heavy atom. The normalized spacial score (nSPS) is 22.1. The number of benzene rings is 1. The van der Waals surface area contributed by atoms with Gasteiger partial charge in [0, 0.05) is 39.3 Å². The number of sulfonamides is 1. The van der Waals surface area contributed by atoms with Gasteiger partial charge in [0.1, 0.15) is 4.90 Å². The maximum Gasteiger partial charge on any atom is 0.244 e. The molecular formula is C16H22ClN3O3S2. The molecule has 0 amide bonds. The molecule has 0 aromatic heterocycles. The lowest BCUT2D eigenvalue weighted by Gasteiger charge is -2.35. The molecule has 0 bridgehead atoms. The van der Waals surface area contributed by atoms with E-state index >= 15 is 0 Å². The Balaban J connectivity index is 1.54. The molecule has 0 unspecified atom stereocenters.